The molecule has 1 aliphatic carbocycles. The van der Waals surface area contributed by atoms with Crippen LogP contribution in [0, 0.1) is 6.92 Å². The zero-order valence-electron chi connectivity index (χ0n) is 18.4. The van der Waals surface area contributed by atoms with Crippen LogP contribution >= 0.6 is 11.6 Å². The van der Waals surface area contributed by atoms with Crippen molar-refractivity contribution in [1.82, 2.24) is 25.1 Å². The van der Waals surface area contributed by atoms with Gasteiger partial charge >= 0.3 is 0 Å². The van der Waals surface area contributed by atoms with Crippen LogP contribution in [0.15, 0.2) is 48.8 Å². The number of amides is 1. The molecule has 7 nitrogen and oxygen atoms in total. The summed E-state index contributed by atoms with van der Waals surface area (Å²) in [5.74, 6) is 0.313. The van der Waals surface area contributed by atoms with Gasteiger partial charge in [-0.15, -0.1) is 0 Å². The zero-order valence-corrected chi connectivity index (χ0v) is 19.1. The SMILES string of the molecule is Cc1cc(Cl)ccc1C(=O)NCc1ccc(-c2nn(C3CCCC3)c3ncnc(N)c23)cc1. The second-order valence-electron chi connectivity index (χ2n) is 8.53. The van der Waals surface area contributed by atoms with E-state index in [9.17, 15) is 4.79 Å². The van der Waals surface area contributed by atoms with Crippen molar-refractivity contribution in [3.05, 3.63) is 70.5 Å². The number of nitrogens with zero attached hydrogens (tertiary/aromatic N) is 4. The molecule has 0 bridgehead atoms. The van der Waals surface area contributed by atoms with Crippen molar-refractivity contribution >= 4 is 34.4 Å². The third-order valence-electron chi connectivity index (χ3n) is 6.30. The maximum atomic E-state index is 12.6. The van der Waals surface area contributed by atoms with Crippen molar-refractivity contribution in [2.45, 2.75) is 45.2 Å². The number of halogens is 1. The van der Waals surface area contributed by atoms with Gasteiger partial charge in [0.15, 0.2) is 5.65 Å². The molecular weight excluding hydrogens is 436 g/mol. The number of rotatable bonds is 5. The molecule has 0 aliphatic heterocycles. The summed E-state index contributed by atoms with van der Waals surface area (Å²) < 4.78 is 2.03. The molecule has 0 saturated heterocycles. The van der Waals surface area contributed by atoms with Gasteiger partial charge in [-0.25, -0.2) is 14.6 Å². The van der Waals surface area contributed by atoms with Crippen LogP contribution in [-0.2, 0) is 6.54 Å². The number of nitrogens with two attached hydrogens (primary N) is 1. The normalized spacial score (nSPS) is 14.1. The number of nitrogen functional groups attached to an aromatic ring is 1. The van der Waals surface area contributed by atoms with Crippen LogP contribution in [0.5, 0.6) is 0 Å². The monoisotopic (exact) mass is 460 g/mol. The summed E-state index contributed by atoms with van der Waals surface area (Å²) in [4.78, 5) is 21.2. The minimum atomic E-state index is -0.125. The molecule has 8 heteroatoms. The van der Waals surface area contributed by atoms with Crippen LogP contribution in [0.4, 0.5) is 5.82 Å². The summed E-state index contributed by atoms with van der Waals surface area (Å²) in [5, 5.41) is 9.30. The van der Waals surface area contributed by atoms with E-state index < -0.39 is 0 Å². The largest absolute Gasteiger partial charge is 0.383 e. The molecule has 168 valence electrons. The molecule has 1 saturated carbocycles. The average molecular weight is 461 g/mol. The zero-order chi connectivity index (χ0) is 22.9. The number of hydrogen-bond donors (Lipinski definition) is 2. The highest BCUT2D eigenvalue weighted by Gasteiger charge is 2.24. The molecule has 2 aromatic heterocycles. The van der Waals surface area contributed by atoms with Crippen molar-refractivity contribution in [2.24, 2.45) is 0 Å². The molecule has 0 atom stereocenters. The number of nitrogens with one attached hydrogen (secondary N) is 1. The minimum absolute atomic E-state index is 0.125. The Hall–Kier alpha value is -3.45. The fourth-order valence-electron chi connectivity index (χ4n) is 4.54. The number of anilines is 1. The molecule has 0 unspecified atom stereocenters. The highest BCUT2D eigenvalue weighted by Crippen LogP contribution is 2.36. The van der Waals surface area contributed by atoms with Gasteiger partial charge < -0.3 is 11.1 Å². The lowest BCUT2D eigenvalue weighted by molar-refractivity contribution is 0.0950. The van der Waals surface area contributed by atoms with E-state index in [0.29, 0.717) is 29.0 Å². The van der Waals surface area contributed by atoms with E-state index in [2.05, 4.69) is 15.3 Å². The lowest BCUT2D eigenvalue weighted by atomic mass is 10.1. The molecule has 4 aromatic rings. The summed E-state index contributed by atoms with van der Waals surface area (Å²) in [6.07, 6.45) is 6.12. The molecule has 2 heterocycles. The van der Waals surface area contributed by atoms with Crippen molar-refractivity contribution in [2.75, 3.05) is 5.73 Å². The molecule has 5 rings (SSSR count). The summed E-state index contributed by atoms with van der Waals surface area (Å²) >= 11 is 5.99. The summed E-state index contributed by atoms with van der Waals surface area (Å²) in [5.41, 5.74) is 11.2. The Labute approximate surface area is 197 Å². The minimum Gasteiger partial charge on any atom is -0.383 e. The molecule has 0 spiro atoms. The second-order valence-corrected chi connectivity index (χ2v) is 8.96. The predicted molar refractivity (Wildman–Crippen MR) is 130 cm³/mol. The maximum Gasteiger partial charge on any atom is 0.251 e. The highest BCUT2D eigenvalue weighted by molar-refractivity contribution is 6.30. The second kappa shape index (κ2) is 8.83. The third-order valence-corrected chi connectivity index (χ3v) is 6.54. The Morgan fingerprint density at radius 2 is 1.91 bits per heavy atom. The molecule has 1 aliphatic rings. The summed E-state index contributed by atoms with van der Waals surface area (Å²) in [6, 6.07) is 13.6. The fraction of sp³-hybridized carbons (Fsp3) is 0.280. The van der Waals surface area contributed by atoms with Gasteiger partial charge in [0.25, 0.3) is 5.91 Å². The van der Waals surface area contributed by atoms with E-state index in [1.54, 1.807) is 18.2 Å². The molecule has 3 N–H and O–H groups in total. The summed E-state index contributed by atoms with van der Waals surface area (Å²) in [6.45, 7) is 2.30. The Morgan fingerprint density at radius 1 is 1.15 bits per heavy atom. The predicted octanol–water partition coefficient (Wildman–Crippen LogP) is 5.08. The van der Waals surface area contributed by atoms with E-state index in [-0.39, 0.29) is 5.91 Å². The van der Waals surface area contributed by atoms with Gasteiger partial charge in [0, 0.05) is 22.7 Å². The summed E-state index contributed by atoms with van der Waals surface area (Å²) in [7, 11) is 0. The smallest absolute Gasteiger partial charge is 0.251 e. The van der Waals surface area contributed by atoms with Gasteiger partial charge in [-0.05, 0) is 49.1 Å². The number of carbonyl (C=O) groups is 1. The Balaban J connectivity index is 1.38. The van der Waals surface area contributed by atoms with Gasteiger partial charge in [0.1, 0.15) is 17.8 Å². The molecule has 0 radical (unpaired) electrons. The Kier molecular flexibility index (Phi) is 5.72. The van der Waals surface area contributed by atoms with Crippen LogP contribution in [-0.4, -0.2) is 25.7 Å². The van der Waals surface area contributed by atoms with Crippen LogP contribution in [0.25, 0.3) is 22.3 Å². The molecule has 1 fully saturated rings. The quantitative estimate of drug-likeness (QED) is 0.432. The Bertz CT molecular complexity index is 1320. The number of benzene rings is 2. The molecule has 2 aromatic carbocycles. The number of carbonyl (C=O) groups excluding carboxylic acids is 1. The standard InChI is InChI=1S/C25H25ClN6O/c1-15-12-18(26)10-11-20(15)25(33)28-13-16-6-8-17(9-7-16)22-21-23(27)29-14-30-24(21)32(31-22)19-4-2-3-5-19/h6-12,14,19H,2-5,13H2,1H3,(H,28,33)(H2,27,29,30). The number of fused-ring (bicyclic) bond motifs is 1. The van der Waals surface area contributed by atoms with Crippen molar-refractivity contribution in [3.63, 3.8) is 0 Å². The van der Waals surface area contributed by atoms with Gasteiger partial charge in [-0.2, -0.15) is 5.10 Å². The lowest BCUT2D eigenvalue weighted by Gasteiger charge is -2.10. The first-order valence-electron chi connectivity index (χ1n) is 11.1. The number of hydrogen-bond acceptors (Lipinski definition) is 5. The Morgan fingerprint density at radius 3 is 2.64 bits per heavy atom. The number of aryl methyl sites for hydroxylation is 1. The van der Waals surface area contributed by atoms with E-state index in [0.717, 1.165) is 46.3 Å². The van der Waals surface area contributed by atoms with E-state index in [4.69, 9.17) is 22.4 Å². The topological polar surface area (TPSA) is 98.7 Å². The third kappa shape index (κ3) is 4.16. The van der Waals surface area contributed by atoms with Gasteiger partial charge in [0.2, 0.25) is 0 Å². The number of aromatic nitrogens is 4. The van der Waals surface area contributed by atoms with E-state index in [1.165, 1.54) is 19.2 Å². The van der Waals surface area contributed by atoms with E-state index in [1.807, 2.05) is 35.9 Å². The lowest BCUT2D eigenvalue weighted by Crippen LogP contribution is -2.23. The van der Waals surface area contributed by atoms with Crippen LogP contribution in [0.1, 0.15) is 53.2 Å². The molecular formula is C25H25ClN6O. The first-order chi connectivity index (χ1) is 16.0. The molecule has 33 heavy (non-hydrogen) atoms. The van der Waals surface area contributed by atoms with Gasteiger partial charge in [0.05, 0.1) is 11.4 Å². The van der Waals surface area contributed by atoms with Crippen LogP contribution in [0.3, 0.4) is 0 Å². The van der Waals surface area contributed by atoms with Crippen molar-refractivity contribution < 1.29 is 4.79 Å². The maximum absolute atomic E-state index is 12.6. The first-order valence-corrected chi connectivity index (χ1v) is 11.5. The molecule has 1 amide bonds. The van der Waals surface area contributed by atoms with Gasteiger partial charge in [-0.3, -0.25) is 4.79 Å². The van der Waals surface area contributed by atoms with E-state index >= 15 is 0 Å². The highest BCUT2D eigenvalue weighted by atomic mass is 35.5. The van der Waals surface area contributed by atoms with Crippen molar-refractivity contribution in [1.29, 1.82) is 0 Å². The van der Waals surface area contributed by atoms with Crippen LogP contribution in [0.2, 0.25) is 5.02 Å². The van der Waals surface area contributed by atoms with Crippen LogP contribution < -0.4 is 11.1 Å². The van der Waals surface area contributed by atoms with Gasteiger partial charge in [-0.1, -0.05) is 48.7 Å². The fourth-order valence-corrected chi connectivity index (χ4v) is 4.77. The average Bonchev–Trinajstić information content (AvgIpc) is 3.46. The first kappa shape index (κ1) is 21.4. The van der Waals surface area contributed by atoms with Crippen molar-refractivity contribution in [3.8, 4) is 11.3 Å².